The van der Waals surface area contributed by atoms with Gasteiger partial charge in [-0.25, -0.2) is 8.78 Å². The SMILES string of the molecule is Cc1noc(C)c1-c1ccc2[nH]nc(CN3CCC(F)(F)CC3)c2c1. The van der Waals surface area contributed by atoms with Crippen LogP contribution in [-0.4, -0.2) is 39.3 Å². The average Bonchev–Trinajstić information content (AvgIpc) is 3.12. The molecule has 1 fully saturated rings. The maximum Gasteiger partial charge on any atom is 0.250 e. The lowest BCUT2D eigenvalue weighted by Crippen LogP contribution is -2.38. The summed E-state index contributed by atoms with van der Waals surface area (Å²) in [4.78, 5) is 2.04. The lowest BCUT2D eigenvalue weighted by molar-refractivity contribution is -0.0567. The first kappa shape index (κ1) is 16.2. The molecule has 1 N–H and O–H groups in total. The number of benzene rings is 1. The third-order valence-electron chi connectivity index (χ3n) is 4.92. The predicted octanol–water partition coefficient (Wildman–Crippen LogP) is 4.07. The predicted molar refractivity (Wildman–Crippen MR) is 90.5 cm³/mol. The van der Waals surface area contributed by atoms with Gasteiger partial charge in [-0.1, -0.05) is 11.2 Å². The van der Waals surface area contributed by atoms with Gasteiger partial charge in [-0.2, -0.15) is 5.10 Å². The molecule has 3 heterocycles. The topological polar surface area (TPSA) is 58.0 Å². The maximum absolute atomic E-state index is 13.3. The van der Waals surface area contributed by atoms with Crippen molar-refractivity contribution in [1.29, 1.82) is 0 Å². The van der Waals surface area contributed by atoms with E-state index in [1.54, 1.807) is 0 Å². The summed E-state index contributed by atoms with van der Waals surface area (Å²) < 4.78 is 31.9. The van der Waals surface area contributed by atoms with Crippen LogP contribution in [0.15, 0.2) is 22.7 Å². The number of nitrogens with one attached hydrogen (secondary N) is 1. The Kier molecular flexibility index (Phi) is 3.83. The molecule has 2 aromatic heterocycles. The third-order valence-corrected chi connectivity index (χ3v) is 4.92. The van der Waals surface area contributed by atoms with Gasteiger partial charge in [0.05, 0.1) is 16.9 Å². The third kappa shape index (κ3) is 3.04. The van der Waals surface area contributed by atoms with Gasteiger partial charge in [0.1, 0.15) is 5.76 Å². The van der Waals surface area contributed by atoms with Crippen LogP contribution in [0.25, 0.3) is 22.0 Å². The number of aryl methyl sites for hydroxylation is 2. The van der Waals surface area contributed by atoms with E-state index in [4.69, 9.17) is 4.52 Å². The standard InChI is InChI=1S/C18H20F2N4O/c1-11-17(12(2)25-23-11)13-3-4-15-14(9-13)16(22-21-15)10-24-7-5-18(19,20)6-8-24/h3-4,9H,5-8,10H2,1-2H3,(H,21,22). The summed E-state index contributed by atoms with van der Waals surface area (Å²) in [5, 5.41) is 12.5. The quantitative estimate of drug-likeness (QED) is 0.777. The van der Waals surface area contributed by atoms with Crippen molar-refractivity contribution in [2.45, 2.75) is 39.2 Å². The molecule has 0 aliphatic carbocycles. The molecule has 1 aliphatic heterocycles. The Morgan fingerprint density at radius 2 is 2.00 bits per heavy atom. The number of fused-ring (bicyclic) bond motifs is 1. The molecule has 5 nitrogen and oxygen atoms in total. The fourth-order valence-corrected chi connectivity index (χ4v) is 3.49. The molecule has 3 aromatic rings. The Labute approximate surface area is 144 Å². The Hall–Kier alpha value is -2.28. The second kappa shape index (κ2) is 5.91. The van der Waals surface area contributed by atoms with Gasteiger partial charge in [0.2, 0.25) is 0 Å². The highest BCUT2D eigenvalue weighted by Crippen LogP contribution is 2.32. The first-order chi connectivity index (χ1) is 11.9. The Morgan fingerprint density at radius 3 is 2.68 bits per heavy atom. The monoisotopic (exact) mass is 346 g/mol. The van der Waals surface area contributed by atoms with Crippen LogP contribution in [0, 0.1) is 13.8 Å². The highest BCUT2D eigenvalue weighted by molar-refractivity contribution is 5.87. The molecule has 0 amide bonds. The van der Waals surface area contributed by atoms with Crippen LogP contribution in [-0.2, 0) is 6.54 Å². The molecule has 0 spiro atoms. The molecule has 25 heavy (non-hydrogen) atoms. The molecule has 0 atom stereocenters. The molecular formula is C18H20F2N4O. The van der Waals surface area contributed by atoms with Crippen LogP contribution in [0.3, 0.4) is 0 Å². The van der Waals surface area contributed by atoms with Crippen molar-refractivity contribution in [2.75, 3.05) is 13.1 Å². The minimum absolute atomic E-state index is 0.0836. The number of nitrogens with zero attached hydrogens (tertiary/aromatic N) is 3. The zero-order valence-corrected chi connectivity index (χ0v) is 14.3. The molecule has 0 saturated carbocycles. The molecule has 0 radical (unpaired) electrons. The zero-order chi connectivity index (χ0) is 17.6. The fraction of sp³-hybridized carbons (Fsp3) is 0.444. The molecule has 4 rings (SSSR count). The summed E-state index contributed by atoms with van der Waals surface area (Å²) in [7, 11) is 0. The van der Waals surface area contributed by atoms with Crippen molar-refractivity contribution in [1.82, 2.24) is 20.3 Å². The van der Waals surface area contributed by atoms with Crippen LogP contribution in [0.5, 0.6) is 0 Å². The summed E-state index contributed by atoms with van der Waals surface area (Å²) in [5.41, 5.74) is 4.69. The maximum atomic E-state index is 13.3. The Balaban J connectivity index is 1.63. The lowest BCUT2D eigenvalue weighted by atomic mass is 10.0. The zero-order valence-electron chi connectivity index (χ0n) is 14.3. The largest absolute Gasteiger partial charge is 0.361 e. The molecule has 132 valence electrons. The Morgan fingerprint density at radius 1 is 1.24 bits per heavy atom. The van der Waals surface area contributed by atoms with Crippen LogP contribution >= 0.6 is 0 Å². The number of rotatable bonds is 3. The first-order valence-electron chi connectivity index (χ1n) is 8.43. The number of hydrogen-bond donors (Lipinski definition) is 1. The molecule has 1 saturated heterocycles. The molecule has 1 aromatic carbocycles. The van der Waals surface area contributed by atoms with E-state index in [1.165, 1.54) is 0 Å². The number of likely N-dealkylation sites (tertiary alicyclic amines) is 1. The van der Waals surface area contributed by atoms with Gasteiger partial charge in [0.25, 0.3) is 5.92 Å². The van der Waals surface area contributed by atoms with Crippen molar-refractivity contribution in [3.05, 3.63) is 35.3 Å². The molecule has 7 heteroatoms. The molecule has 0 bridgehead atoms. The number of aromatic nitrogens is 3. The van der Waals surface area contributed by atoms with E-state index in [-0.39, 0.29) is 12.8 Å². The van der Waals surface area contributed by atoms with Crippen LogP contribution in [0.2, 0.25) is 0 Å². The van der Waals surface area contributed by atoms with Crippen LogP contribution in [0.1, 0.15) is 30.0 Å². The number of hydrogen-bond acceptors (Lipinski definition) is 4. The molecular weight excluding hydrogens is 326 g/mol. The van der Waals surface area contributed by atoms with Crippen molar-refractivity contribution < 1.29 is 13.3 Å². The number of alkyl halides is 2. The summed E-state index contributed by atoms with van der Waals surface area (Å²) >= 11 is 0. The Bertz CT molecular complexity index is 886. The number of piperidine rings is 1. The van der Waals surface area contributed by atoms with E-state index in [0.717, 1.165) is 39.2 Å². The minimum Gasteiger partial charge on any atom is -0.361 e. The van der Waals surface area contributed by atoms with Crippen LogP contribution in [0.4, 0.5) is 8.78 Å². The van der Waals surface area contributed by atoms with E-state index >= 15 is 0 Å². The van der Waals surface area contributed by atoms with Crippen LogP contribution < -0.4 is 0 Å². The average molecular weight is 346 g/mol. The second-order valence-electron chi connectivity index (χ2n) is 6.76. The van der Waals surface area contributed by atoms with Crippen molar-refractivity contribution in [3.8, 4) is 11.1 Å². The van der Waals surface area contributed by atoms with E-state index in [0.29, 0.717) is 19.6 Å². The van der Waals surface area contributed by atoms with E-state index in [9.17, 15) is 8.78 Å². The highest BCUT2D eigenvalue weighted by Gasteiger charge is 2.34. The van der Waals surface area contributed by atoms with Gasteiger partial charge in [0, 0.05) is 43.4 Å². The smallest absolute Gasteiger partial charge is 0.250 e. The highest BCUT2D eigenvalue weighted by atomic mass is 19.3. The van der Waals surface area contributed by atoms with Crippen molar-refractivity contribution >= 4 is 10.9 Å². The number of halogens is 2. The normalized spacial score (nSPS) is 18.1. The molecule has 1 aliphatic rings. The van der Waals surface area contributed by atoms with Crippen molar-refractivity contribution in [2.24, 2.45) is 0 Å². The first-order valence-corrected chi connectivity index (χ1v) is 8.43. The summed E-state index contributed by atoms with van der Waals surface area (Å²) in [5.74, 6) is -1.75. The minimum atomic E-state index is -2.53. The fourth-order valence-electron chi connectivity index (χ4n) is 3.49. The summed E-state index contributed by atoms with van der Waals surface area (Å²) in [6.45, 7) is 5.17. The van der Waals surface area contributed by atoms with Gasteiger partial charge in [0.15, 0.2) is 0 Å². The van der Waals surface area contributed by atoms with E-state index < -0.39 is 5.92 Å². The lowest BCUT2D eigenvalue weighted by Gasteiger charge is -2.31. The molecule has 0 unspecified atom stereocenters. The second-order valence-corrected chi connectivity index (χ2v) is 6.76. The summed E-state index contributed by atoms with van der Waals surface area (Å²) in [6.07, 6.45) is -0.167. The van der Waals surface area contributed by atoms with Gasteiger partial charge >= 0.3 is 0 Å². The van der Waals surface area contributed by atoms with Gasteiger partial charge in [-0.15, -0.1) is 0 Å². The van der Waals surface area contributed by atoms with E-state index in [1.807, 2.05) is 30.9 Å². The number of aromatic amines is 1. The number of H-pyrrole nitrogens is 1. The van der Waals surface area contributed by atoms with Gasteiger partial charge in [-0.3, -0.25) is 10.00 Å². The van der Waals surface area contributed by atoms with E-state index in [2.05, 4.69) is 21.4 Å². The summed E-state index contributed by atoms with van der Waals surface area (Å²) in [6, 6.07) is 6.06. The van der Waals surface area contributed by atoms with Crippen molar-refractivity contribution in [3.63, 3.8) is 0 Å². The van der Waals surface area contributed by atoms with Gasteiger partial charge in [-0.05, 0) is 31.5 Å². The van der Waals surface area contributed by atoms with Gasteiger partial charge < -0.3 is 4.52 Å².